The molecule has 1 N–H and O–H groups in total. The number of ether oxygens (including phenoxy) is 2. The molecule has 1 unspecified atom stereocenters. The Kier molecular flexibility index (Phi) is 5.70. The van der Waals surface area contributed by atoms with Gasteiger partial charge in [-0.3, -0.25) is 4.79 Å². The Morgan fingerprint density at radius 1 is 1.27 bits per heavy atom. The van der Waals surface area contributed by atoms with E-state index in [4.69, 9.17) is 9.47 Å². The number of esters is 1. The number of carbonyl (C=O) groups excluding carboxylic acids is 2. The summed E-state index contributed by atoms with van der Waals surface area (Å²) in [6, 6.07) is -0.135. The van der Waals surface area contributed by atoms with Gasteiger partial charge >= 0.3 is 12.1 Å². The molecule has 2 rings (SSSR count). The van der Waals surface area contributed by atoms with Crippen molar-refractivity contribution in [1.29, 1.82) is 0 Å². The Balaban J connectivity index is 1.94. The highest BCUT2D eigenvalue weighted by molar-refractivity contribution is 5.72. The van der Waals surface area contributed by atoms with E-state index in [0.29, 0.717) is 18.8 Å². The fraction of sp³-hybridized carbons (Fsp3) is 0.882. The van der Waals surface area contributed by atoms with Gasteiger partial charge in [-0.05, 0) is 39.5 Å². The van der Waals surface area contributed by atoms with E-state index < -0.39 is 11.7 Å². The molecule has 2 fully saturated rings. The fourth-order valence-electron chi connectivity index (χ4n) is 3.37. The molecule has 1 aliphatic carbocycles. The Morgan fingerprint density at radius 2 is 1.95 bits per heavy atom. The van der Waals surface area contributed by atoms with Crippen molar-refractivity contribution in [3.05, 3.63) is 0 Å². The molecule has 1 heterocycles. The van der Waals surface area contributed by atoms with E-state index in [1.54, 1.807) is 0 Å². The molecule has 0 bridgehead atoms. The summed E-state index contributed by atoms with van der Waals surface area (Å²) >= 11 is 0. The Morgan fingerprint density at radius 3 is 2.50 bits per heavy atom. The van der Waals surface area contributed by atoms with Crippen LogP contribution in [0.25, 0.3) is 0 Å². The average Bonchev–Trinajstić information content (AvgIpc) is 2.84. The lowest BCUT2D eigenvalue weighted by Gasteiger charge is -2.30. The third-order valence-electron chi connectivity index (χ3n) is 4.38. The molecule has 0 radical (unpaired) electrons. The van der Waals surface area contributed by atoms with Crippen LogP contribution in [0.15, 0.2) is 0 Å². The van der Waals surface area contributed by atoms with Crippen LogP contribution in [0.5, 0.6) is 0 Å². The molecule has 0 aromatic rings. The maximum atomic E-state index is 12.1. The summed E-state index contributed by atoms with van der Waals surface area (Å²) in [7, 11) is 0. The summed E-state index contributed by atoms with van der Waals surface area (Å²) in [5.74, 6) is 0.442. The minimum absolute atomic E-state index is 0.135. The number of hydrogen-bond donors (Lipinski definition) is 1. The molecular formula is C17H29NO4. The smallest absolute Gasteiger partial charge is 0.408 e. The number of alkyl carbamates (subject to hydrolysis) is 1. The van der Waals surface area contributed by atoms with Crippen molar-refractivity contribution >= 4 is 12.1 Å². The van der Waals surface area contributed by atoms with E-state index in [9.17, 15) is 9.59 Å². The van der Waals surface area contributed by atoms with Gasteiger partial charge in [0.15, 0.2) is 0 Å². The van der Waals surface area contributed by atoms with Crippen molar-refractivity contribution in [2.45, 2.75) is 89.9 Å². The maximum Gasteiger partial charge on any atom is 0.408 e. The van der Waals surface area contributed by atoms with Crippen LogP contribution in [0.2, 0.25) is 0 Å². The van der Waals surface area contributed by atoms with Crippen LogP contribution in [-0.4, -0.2) is 29.8 Å². The Bertz CT molecular complexity index is 396. The second-order valence-electron chi connectivity index (χ2n) is 7.56. The van der Waals surface area contributed by atoms with Gasteiger partial charge in [0.2, 0.25) is 0 Å². The van der Waals surface area contributed by atoms with Crippen molar-refractivity contribution in [1.82, 2.24) is 5.32 Å². The summed E-state index contributed by atoms with van der Waals surface area (Å²) in [5, 5.41) is 2.94. The van der Waals surface area contributed by atoms with E-state index >= 15 is 0 Å². The van der Waals surface area contributed by atoms with Gasteiger partial charge in [-0.1, -0.05) is 32.1 Å². The Labute approximate surface area is 133 Å². The predicted octanol–water partition coefficient (Wildman–Crippen LogP) is 3.56. The van der Waals surface area contributed by atoms with Crippen molar-refractivity contribution < 1.29 is 19.1 Å². The topological polar surface area (TPSA) is 64.6 Å². The predicted molar refractivity (Wildman–Crippen MR) is 83.5 cm³/mol. The van der Waals surface area contributed by atoms with E-state index in [2.05, 4.69) is 5.32 Å². The molecule has 0 aromatic heterocycles. The van der Waals surface area contributed by atoms with E-state index in [1.807, 2.05) is 20.8 Å². The van der Waals surface area contributed by atoms with Crippen LogP contribution in [0.4, 0.5) is 4.79 Å². The van der Waals surface area contributed by atoms with E-state index in [-0.39, 0.29) is 18.1 Å². The molecule has 126 valence electrons. The lowest BCUT2D eigenvalue weighted by atomic mass is 9.83. The first-order valence-electron chi connectivity index (χ1n) is 8.52. The molecular weight excluding hydrogens is 282 g/mol. The number of amides is 1. The molecule has 2 aliphatic rings. The SMILES string of the molecule is CC(C)(C)OC(=O)NC(CC1CCCCC1)[C@@H]1CCC(=O)O1. The monoisotopic (exact) mass is 311 g/mol. The molecule has 5 nitrogen and oxygen atoms in total. The second-order valence-corrected chi connectivity index (χ2v) is 7.56. The van der Waals surface area contributed by atoms with Crippen LogP contribution in [0.1, 0.15) is 72.1 Å². The Hall–Kier alpha value is -1.26. The third kappa shape index (κ3) is 5.50. The molecule has 1 saturated heterocycles. The van der Waals surface area contributed by atoms with Gasteiger partial charge < -0.3 is 14.8 Å². The molecule has 2 atom stereocenters. The summed E-state index contributed by atoms with van der Waals surface area (Å²) in [6.07, 6.45) is 7.60. The van der Waals surface area contributed by atoms with Gasteiger partial charge in [0.25, 0.3) is 0 Å². The van der Waals surface area contributed by atoms with Gasteiger partial charge in [-0.2, -0.15) is 0 Å². The normalized spacial score (nSPS) is 24.7. The van der Waals surface area contributed by atoms with Crippen molar-refractivity contribution in [3.63, 3.8) is 0 Å². The molecule has 22 heavy (non-hydrogen) atoms. The number of cyclic esters (lactones) is 1. The first-order chi connectivity index (χ1) is 10.3. The van der Waals surface area contributed by atoms with Crippen molar-refractivity contribution in [3.8, 4) is 0 Å². The molecule has 5 heteroatoms. The number of hydrogen-bond acceptors (Lipinski definition) is 4. The molecule has 0 aromatic carbocycles. The largest absolute Gasteiger partial charge is 0.460 e. The standard InChI is InChI=1S/C17H29NO4/c1-17(2,3)22-16(20)18-13(14-9-10-15(19)21-14)11-12-7-5-4-6-8-12/h12-14H,4-11H2,1-3H3,(H,18,20)/t13?,14-/m0/s1. The molecule has 0 spiro atoms. The number of carbonyl (C=O) groups is 2. The summed E-state index contributed by atoms with van der Waals surface area (Å²) in [5.41, 5.74) is -0.522. The van der Waals surface area contributed by atoms with Gasteiger partial charge in [0.1, 0.15) is 11.7 Å². The number of nitrogens with one attached hydrogen (secondary N) is 1. The minimum Gasteiger partial charge on any atom is -0.460 e. The quantitative estimate of drug-likeness (QED) is 0.806. The zero-order valence-electron chi connectivity index (χ0n) is 14.0. The van der Waals surface area contributed by atoms with E-state index in [0.717, 1.165) is 6.42 Å². The first kappa shape index (κ1) is 17.1. The van der Waals surface area contributed by atoms with Crippen LogP contribution < -0.4 is 5.32 Å². The summed E-state index contributed by atoms with van der Waals surface area (Å²) < 4.78 is 10.7. The molecule has 1 saturated carbocycles. The minimum atomic E-state index is -0.522. The molecule has 1 aliphatic heterocycles. The van der Waals surface area contributed by atoms with Crippen LogP contribution in [0, 0.1) is 5.92 Å². The van der Waals surface area contributed by atoms with Crippen molar-refractivity contribution in [2.24, 2.45) is 5.92 Å². The second kappa shape index (κ2) is 7.34. The summed E-state index contributed by atoms with van der Waals surface area (Å²) in [4.78, 5) is 23.5. The molecule has 1 amide bonds. The highest BCUT2D eigenvalue weighted by Crippen LogP contribution is 2.30. The zero-order chi connectivity index (χ0) is 16.2. The van der Waals surface area contributed by atoms with Gasteiger partial charge in [-0.15, -0.1) is 0 Å². The van der Waals surface area contributed by atoms with Gasteiger partial charge in [0.05, 0.1) is 6.04 Å². The van der Waals surface area contributed by atoms with E-state index in [1.165, 1.54) is 32.1 Å². The van der Waals surface area contributed by atoms with Crippen molar-refractivity contribution in [2.75, 3.05) is 0 Å². The first-order valence-corrected chi connectivity index (χ1v) is 8.52. The zero-order valence-corrected chi connectivity index (χ0v) is 14.0. The fourth-order valence-corrected chi connectivity index (χ4v) is 3.37. The van der Waals surface area contributed by atoms with Crippen LogP contribution in [0.3, 0.4) is 0 Å². The van der Waals surface area contributed by atoms with Gasteiger partial charge in [-0.25, -0.2) is 4.79 Å². The summed E-state index contributed by atoms with van der Waals surface area (Å²) in [6.45, 7) is 5.54. The average molecular weight is 311 g/mol. The highest BCUT2D eigenvalue weighted by Gasteiger charge is 2.34. The van der Waals surface area contributed by atoms with Crippen LogP contribution >= 0.6 is 0 Å². The lowest BCUT2D eigenvalue weighted by Crippen LogP contribution is -2.46. The highest BCUT2D eigenvalue weighted by atomic mass is 16.6. The van der Waals surface area contributed by atoms with Crippen LogP contribution in [-0.2, 0) is 14.3 Å². The maximum absolute atomic E-state index is 12.1. The number of rotatable bonds is 4. The van der Waals surface area contributed by atoms with Gasteiger partial charge in [0, 0.05) is 6.42 Å². The lowest BCUT2D eigenvalue weighted by molar-refractivity contribution is -0.142. The third-order valence-corrected chi connectivity index (χ3v) is 4.38.